The van der Waals surface area contributed by atoms with Gasteiger partial charge in [0.1, 0.15) is 0 Å². The third-order valence-electron chi connectivity index (χ3n) is 4.14. The lowest BCUT2D eigenvalue weighted by Crippen LogP contribution is -2.13. The first kappa shape index (κ1) is 23.3. The van der Waals surface area contributed by atoms with Crippen LogP contribution >= 0.6 is 23.2 Å². The molecule has 0 aliphatic carbocycles. The zero-order chi connectivity index (χ0) is 23.3. The zero-order valence-corrected chi connectivity index (χ0v) is 18.5. The number of carbonyl (C=O) groups is 1. The van der Waals surface area contributed by atoms with Crippen LogP contribution in [0, 0.1) is 10.1 Å². The predicted octanol–water partition coefficient (Wildman–Crippen LogP) is 5.35. The number of carbonyl (C=O) groups excluding carboxylic acids is 1. The number of hydrogen-bond donors (Lipinski definition) is 2. The van der Waals surface area contributed by atoms with Crippen molar-refractivity contribution in [3.8, 4) is 0 Å². The second-order valence-electron chi connectivity index (χ2n) is 6.41. The number of amides is 1. The fourth-order valence-corrected chi connectivity index (χ4v) is 4.08. The van der Waals surface area contributed by atoms with Crippen LogP contribution < -0.4 is 10.0 Å². The molecule has 164 valence electrons. The highest BCUT2D eigenvalue weighted by atomic mass is 35.5. The average molecular weight is 492 g/mol. The zero-order valence-electron chi connectivity index (χ0n) is 16.2. The van der Waals surface area contributed by atoms with E-state index in [0.29, 0.717) is 11.3 Å². The molecule has 8 nitrogen and oxygen atoms in total. The van der Waals surface area contributed by atoms with E-state index in [4.69, 9.17) is 23.2 Å². The summed E-state index contributed by atoms with van der Waals surface area (Å²) in [5.74, 6) is -0.490. The second-order valence-corrected chi connectivity index (χ2v) is 8.87. The minimum atomic E-state index is -3.93. The van der Waals surface area contributed by atoms with Crippen molar-refractivity contribution in [1.29, 1.82) is 0 Å². The maximum absolute atomic E-state index is 12.6. The molecule has 0 saturated heterocycles. The summed E-state index contributed by atoms with van der Waals surface area (Å²) in [4.78, 5) is 22.3. The van der Waals surface area contributed by atoms with Gasteiger partial charge in [-0.3, -0.25) is 19.6 Å². The van der Waals surface area contributed by atoms with Gasteiger partial charge < -0.3 is 5.32 Å². The molecule has 0 saturated carbocycles. The Hall–Kier alpha value is -3.40. The van der Waals surface area contributed by atoms with E-state index in [0.717, 1.165) is 0 Å². The van der Waals surface area contributed by atoms with Crippen LogP contribution in [0.2, 0.25) is 10.0 Å². The van der Waals surface area contributed by atoms with Gasteiger partial charge in [-0.15, -0.1) is 0 Å². The monoisotopic (exact) mass is 491 g/mol. The second kappa shape index (κ2) is 9.82. The van der Waals surface area contributed by atoms with Gasteiger partial charge in [0.2, 0.25) is 5.91 Å². The Labute approximate surface area is 193 Å². The van der Waals surface area contributed by atoms with Crippen molar-refractivity contribution in [1.82, 2.24) is 0 Å². The number of benzene rings is 3. The third kappa shape index (κ3) is 5.85. The molecule has 0 aliphatic heterocycles. The summed E-state index contributed by atoms with van der Waals surface area (Å²) in [6, 6.07) is 15.9. The molecule has 3 rings (SSSR count). The molecule has 0 fully saturated rings. The Morgan fingerprint density at radius 3 is 2.38 bits per heavy atom. The molecule has 0 bridgehead atoms. The SMILES string of the molecule is O=C(/C=C/c1cccc([N+](=O)[O-])c1)Nc1ccc(S(=O)(=O)Nc2cccc(Cl)c2Cl)cc1. The van der Waals surface area contributed by atoms with Crippen molar-refractivity contribution in [2.24, 2.45) is 0 Å². The molecule has 0 radical (unpaired) electrons. The first-order chi connectivity index (χ1) is 15.2. The third-order valence-corrected chi connectivity index (χ3v) is 6.34. The first-order valence-corrected chi connectivity index (χ1v) is 11.2. The summed E-state index contributed by atoms with van der Waals surface area (Å²) in [5, 5.41) is 13.7. The summed E-state index contributed by atoms with van der Waals surface area (Å²) in [5.41, 5.74) is 0.903. The predicted molar refractivity (Wildman–Crippen MR) is 124 cm³/mol. The topological polar surface area (TPSA) is 118 Å². The number of nitro groups is 1. The maximum atomic E-state index is 12.6. The highest BCUT2D eigenvalue weighted by molar-refractivity contribution is 7.92. The average Bonchev–Trinajstić information content (AvgIpc) is 2.76. The van der Waals surface area contributed by atoms with Gasteiger partial charge in [-0.2, -0.15) is 0 Å². The summed E-state index contributed by atoms with van der Waals surface area (Å²) >= 11 is 11.9. The van der Waals surface area contributed by atoms with Crippen LogP contribution in [0.25, 0.3) is 6.08 Å². The number of sulfonamides is 1. The molecule has 11 heteroatoms. The molecule has 0 aromatic heterocycles. The smallest absolute Gasteiger partial charge is 0.270 e. The van der Waals surface area contributed by atoms with Gasteiger partial charge in [0.05, 0.1) is 25.6 Å². The number of rotatable bonds is 7. The number of hydrogen-bond acceptors (Lipinski definition) is 5. The lowest BCUT2D eigenvalue weighted by molar-refractivity contribution is -0.384. The molecular formula is C21H15Cl2N3O5S. The Morgan fingerprint density at radius 2 is 1.69 bits per heavy atom. The van der Waals surface area contributed by atoms with Gasteiger partial charge in [-0.25, -0.2) is 8.42 Å². The number of non-ortho nitro benzene ring substituents is 1. The Bertz CT molecular complexity index is 1310. The largest absolute Gasteiger partial charge is 0.323 e. The van der Waals surface area contributed by atoms with Crippen molar-refractivity contribution in [2.45, 2.75) is 4.90 Å². The van der Waals surface area contributed by atoms with Crippen molar-refractivity contribution >= 4 is 62.3 Å². The van der Waals surface area contributed by atoms with Crippen molar-refractivity contribution in [3.63, 3.8) is 0 Å². The molecule has 0 spiro atoms. The van der Waals surface area contributed by atoms with Gasteiger partial charge in [0.15, 0.2) is 0 Å². The quantitative estimate of drug-likeness (QED) is 0.262. The fourth-order valence-electron chi connectivity index (χ4n) is 2.60. The van der Waals surface area contributed by atoms with E-state index in [2.05, 4.69) is 10.0 Å². The van der Waals surface area contributed by atoms with E-state index in [1.165, 1.54) is 66.7 Å². The Kier molecular flexibility index (Phi) is 7.14. The number of nitro benzene ring substituents is 1. The van der Waals surface area contributed by atoms with E-state index < -0.39 is 20.9 Å². The molecule has 3 aromatic carbocycles. The van der Waals surface area contributed by atoms with Crippen molar-refractivity contribution in [2.75, 3.05) is 10.0 Å². The molecular weight excluding hydrogens is 477 g/mol. The number of nitrogens with zero attached hydrogens (tertiary/aromatic N) is 1. The molecule has 32 heavy (non-hydrogen) atoms. The summed E-state index contributed by atoms with van der Waals surface area (Å²) in [6.07, 6.45) is 2.65. The van der Waals surface area contributed by atoms with E-state index in [9.17, 15) is 23.3 Å². The van der Waals surface area contributed by atoms with Crippen LogP contribution in [0.4, 0.5) is 17.1 Å². The van der Waals surface area contributed by atoms with Gasteiger partial charge in [0, 0.05) is 23.9 Å². The van der Waals surface area contributed by atoms with Crippen LogP contribution in [-0.2, 0) is 14.8 Å². The molecule has 1 amide bonds. The first-order valence-electron chi connectivity index (χ1n) is 8.96. The summed E-state index contributed by atoms with van der Waals surface area (Å²) < 4.78 is 27.5. The van der Waals surface area contributed by atoms with Gasteiger partial charge >= 0.3 is 0 Å². The standard InChI is InChI=1S/C21H15Cl2N3O5S/c22-18-5-2-6-19(21(18)23)25-32(30,31)17-10-8-15(9-11-17)24-20(27)12-7-14-3-1-4-16(13-14)26(28)29/h1-13,25H,(H,24,27)/b12-7+. The Morgan fingerprint density at radius 1 is 1.00 bits per heavy atom. The highest BCUT2D eigenvalue weighted by Crippen LogP contribution is 2.31. The van der Waals surface area contributed by atoms with Crippen LogP contribution in [0.5, 0.6) is 0 Å². The fraction of sp³-hybridized carbons (Fsp3) is 0. The summed E-state index contributed by atoms with van der Waals surface area (Å²) in [6.45, 7) is 0. The van der Waals surface area contributed by atoms with Crippen molar-refractivity contribution in [3.05, 3.63) is 98.5 Å². The molecule has 0 unspecified atom stereocenters. The van der Waals surface area contributed by atoms with E-state index >= 15 is 0 Å². The number of anilines is 2. The summed E-state index contributed by atoms with van der Waals surface area (Å²) in [7, 11) is -3.93. The number of halogens is 2. The van der Waals surface area contributed by atoms with Crippen LogP contribution in [0.1, 0.15) is 5.56 Å². The molecule has 0 atom stereocenters. The minimum absolute atomic E-state index is 0.0429. The van der Waals surface area contributed by atoms with Crippen LogP contribution in [0.3, 0.4) is 0 Å². The van der Waals surface area contributed by atoms with Gasteiger partial charge in [0.25, 0.3) is 15.7 Å². The van der Waals surface area contributed by atoms with E-state index in [-0.39, 0.29) is 26.3 Å². The maximum Gasteiger partial charge on any atom is 0.270 e. The van der Waals surface area contributed by atoms with Crippen molar-refractivity contribution < 1.29 is 18.1 Å². The van der Waals surface area contributed by atoms with E-state index in [1.54, 1.807) is 12.1 Å². The normalized spacial score (nSPS) is 11.3. The lowest BCUT2D eigenvalue weighted by Gasteiger charge is -2.11. The molecule has 2 N–H and O–H groups in total. The highest BCUT2D eigenvalue weighted by Gasteiger charge is 2.16. The van der Waals surface area contributed by atoms with Gasteiger partial charge in [-0.1, -0.05) is 41.4 Å². The van der Waals surface area contributed by atoms with Crippen LogP contribution in [-0.4, -0.2) is 19.2 Å². The Balaban J connectivity index is 1.67. The van der Waals surface area contributed by atoms with Crippen LogP contribution in [0.15, 0.2) is 77.7 Å². The minimum Gasteiger partial charge on any atom is -0.323 e. The van der Waals surface area contributed by atoms with E-state index in [1.807, 2.05) is 0 Å². The van der Waals surface area contributed by atoms with Gasteiger partial charge in [-0.05, 0) is 48.0 Å². The molecule has 0 heterocycles. The molecule has 3 aromatic rings. The number of nitrogens with one attached hydrogen (secondary N) is 2. The lowest BCUT2D eigenvalue weighted by atomic mass is 10.2. The molecule has 0 aliphatic rings.